The molecule has 0 aliphatic heterocycles. The van der Waals surface area contributed by atoms with Gasteiger partial charge in [0.2, 0.25) is 0 Å². The second kappa shape index (κ2) is 2.51. The molecule has 1 aliphatic rings. The van der Waals surface area contributed by atoms with E-state index in [1.54, 1.807) is 0 Å². The van der Waals surface area contributed by atoms with Gasteiger partial charge >= 0.3 is 0 Å². The van der Waals surface area contributed by atoms with E-state index in [1.807, 2.05) is 12.1 Å². The number of hydrogen-bond acceptors (Lipinski definition) is 2. The molecule has 1 saturated carbocycles. The zero-order valence-electron chi connectivity index (χ0n) is 7.14. The largest absolute Gasteiger partial charge is 0.316 e. The van der Waals surface area contributed by atoms with Crippen LogP contribution in [0.4, 0.5) is 0 Å². The van der Waals surface area contributed by atoms with Crippen molar-refractivity contribution in [3.8, 4) is 0 Å². The summed E-state index contributed by atoms with van der Waals surface area (Å²) in [6.07, 6.45) is 2.54. The third-order valence-electron chi connectivity index (χ3n) is 2.49. The molecule has 1 aliphatic carbocycles. The van der Waals surface area contributed by atoms with Crippen LogP contribution in [-0.2, 0) is 0 Å². The fourth-order valence-electron chi connectivity index (χ4n) is 1.72. The fourth-order valence-corrected chi connectivity index (χ4v) is 2.10. The summed E-state index contributed by atoms with van der Waals surface area (Å²) in [4.78, 5) is 4.40. The summed E-state index contributed by atoms with van der Waals surface area (Å²) in [5.41, 5.74) is 2.27. The Balaban J connectivity index is 2.35. The lowest BCUT2D eigenvalue weighted by Crippen LogP contribution is -1.93. The van der Waals surface area contributed by atoms with Crippen LogP contribution in [0.3, 0.4) is 0 Å². The molecular weight excluding hydrogens is 180 g/mol. The molecule has 0 unspecified atom stereocenters. The second-order valence-electron chi connectivity index (χ2n) is 3.50. The van der Waals surface area contributed by atoms with E-state index in [-0.39, 0.29) is 0 Å². The number of aromatic nitrogens is 2. The third kappa shape index (κ3) is 1.07. The first-order chi connectivity index (χ1) is 6.36. The molecular formula is C10H10N2S. The first-order valence-corrected chi connectivity index (χ1v) is 4.97. The van der Waals surface area contributed by atoms with E-state index in [4.69, 9.17) is 0 Å². The van der Waals surface area contributed by atoms with E-state index in [2.05, 4.69) is 34.3 Å². The number of benzene rings is 1. The SMILES string of the molecule is Sc1nc2ccccc2n1C1CC1. The van der Waals surface area contributed by atoms with Crippen molar-refractivity contribution < 1.29 is 0 Å². The lowest BCUT2D eigenvalue weighted by Gasteiger charge is -2.01. The van der Waals surface area contributed by atoms with Crippen LogP contribution in [0.2, 0.25) is 0 Å². The van der Waals surface area contributed by atoms with E-state index in [1.165, 1.54) is 18.4 Å². The average Bonchev–Trinajstić information content (AvgIpc) is 2.88. The third-order valence-corrected chi connectivity index (χ3v) is 2.80. The van der Waals surface area contributed by atoms with E-state index >= 15 is 0 Å². The number of fused-ring (bicyclic) bond motifs is 1. The molecule has 1 heterocycles. The number of thiol groups is 1. The maximum absolute atomic E-state index is 4.40. The van der Waals surface area contributed by atoms with Crippen molar-refractivity contribution >= 4 is 23.7 Å². The van der Waals surface area contributed by atoms with E-state index < -0.39 is 0 Å². The summed E-state index contributed by atoms with van der Waals surface area (Å²) in [5, 5.41) is 0.851. The van der Waals surface area contributed by atoms with Gasteiger partial charge in [-0.2, -0.15) is 0 Å². The minimum Gasteiger partial charge on any atom is -0.316 e. The Hall–Kier alpha value is -0.960. The summed E-state index contributed by atoms with van der Waals surface area (Å²) >= 11 is 4.39. The summed E-state index contributed by atoms with van der Waals surface area (Å²) in [6, 6.07) is 8.87. The summed E-state index contributed by atoms with van der Waals surface area (Å²) < 4.78 is 2.23. The topological polar surface area (TPSA) is 17.8 Å². The van der Waals surface area contributed by atoms with Gasteiger partial charge in [0.05, 0.1) is 11.0 Å². The minimum atomic E-state index is 0.653. The van der Waals surface area contributed by atoms with Gasteiger partial charge in [0.1, 0.15) is 0 Å². The Morgan fingerprint density at radius 3 is 2.85 bits per heavy atom. The van der Waals surface area contributed by atoms with Crippen molar-refractivity contribution in [3.05, 3.63) is 24.3 Å². The molecule has 3 heteroatoms. The summed E-state index contributed by atoms with van der Waals surface area (Å²) in [7, 11) is 0. The zero-order valence-corrected chi connectivity index (χ0v) is 8.04. The van der Waals surface area contributed by atoms with E-state index in [9.17, 15) is 0 Å². The lowest BCUT2D eigenvalue weighted by molar-refractivity contribution is 0.687. The first-order valence-electron chi connectivity index (χ1n) is 4.52. The van der Waals surface area contributed by atoms with Gasteiger partial charge in [-0.05, 0) is 25.0 Å². The number of hydrogen-bond donors (Lipinski definition) is 1. The standard InChI is InChI=1S/C10H10N2S/c13-10-11-8-3-1-2-4-9(8)12(10)7-5-6-7/h1-4,7H,5-6H2,(H,11,13). The van der Waals surface area contributed by atoms with Crippen molar-refractivity contribution in [2.24, 2.45) is 0 Å². The van der Waals surface area contributed by atoms with Crippen LogP contribution in [0.25, 0.3) is 11.0 Å². The van der Waals surface area contributed by atoms with Gasteiger partial charge in [-0.1, -0.05) is 12.1 Å². The van der Waals surface area contributed by atoms with E-state index in [0.717, 1.165) is 10.7 Å². The zero-order chi connectivity index (χ0) is 8.84. The number of nitrogens with zero attached hydrogens (tertiary/aromatic N) is 2. The normalized spacial score (nSPS) is 16.7. The van der Waals surface area contributed by atoms with Crippen LogP contribution in [0, 0.1) is 0 Å². The minimum absolute atomic E-state index is 0.653. The monoisotopic (exact) mass is 190 g/mol. The Kier molecular flexibility index (Phi) is 1.44. The Labute approximate surface area is 82.0 Å². The molecule has 3 rings (SSSR count). The smallest absolute Gasteiger partial charge is 0.166 e. The maximum Gasteiger partial charge on any atom is 0.166 e. The Morgan fingerprint density at radius 1 is 1.31 bits per heavy atom. The lowest BCUT2D eigenvalue weighted by atomic mass is 10.3. The van der Waals surface area contributed by atoms with Crippen LogP contribution >= 0.6 is 12.6 Å². The summed E-state index contributed by atoms with van der Waals surface area (Å²) in [6.45, 7) is 0. The fraction of sp³-hybridized carbons (Fsp3) is 0.300. The predicted octanol–water partition coefficient (Wildman–Crippen LogP) is 2.66. The van der Waals surface area contributed by atoms with Crippen molar-refractivity contribution in [2.75, 3.05) is 0 Å². The number of rotatable bonds is 1. The summed E-state index contributed by atoms with van der Waals surface area (Å²) in [5.74, 6) is 0. The van der Waals surface area contributed by atoms with Gasteiger partial charge in [-0.3, -0.25) is 0 Å². The molecule has 0 atom stereocenters. The molecule has 0 amide bonds. The molecule has 2 nitrogen and oxygen atoms in total. The molecule has 1 fully saturated rings. The van der Waals surface area contributed by atoms with Crippen molar-refractivity contribution in [1.29, 1.82) is 0 Å². The molecule has 0 spiro atoms. The number of imidazole rings is 1. The molecule has 1 aromatic heterocycles. The van der Waals surface area contributed by atoms with Crippen molar-refractivity contribution in [2.45, 2.75) is 24.0 Å². The Bertz CT molecular complexity index is 457. The van der Waals surface area contributed by atoms with E-state index in [0.29, 0.717) is 6.04 Å². The quantitative estimate of drug-likeness (QED) is 0.684. The number of para-hydroxylation sites is 2. The molecule has 0 radical (unpaired) electrons. The van der Waals surface area contributed by atoms with Gasteiger partial charge in [0.25, 0.3) is 0 Å². The van der Waals surface area contributed by atoms with Gasteiger partial charge in [-0.25, -0.2) is 4.98 Å². The Morgan fingerprint density at radius 2 is 2.08 bits per heavy atom. The van der Waals surface area contributed by atoms with Crippen LogP contribution < -0.4 is 0 Å². The molecule has 0 N–H and O–H groups in total. The second-order valence-corrected chi connectivity index (χ2v) is 3.90. The van der Waals surface area contributed by atoms with Crippen LogP contribution in [0.5, 0.6) is 0 Å². The molecule has 13 heavy (non-hydrogen) atoms. The molecule has 0 saturated heterocycles. The van der Waals surface area contributed by atoms with Gasteiger partial charge in [0.15, 0.2) is 5.16 Å². The van der Waals surface area contributed by atoms with Gasteiger partial charge in [0, 0.05) is 6.04 Å². The predicted molar refractivity (Wildman–Crippen MR) is 55.3 cm³/mol. The highest BCUT2D eigenvalue weighted by Crippen LogP contribution is 2.39. The van der Waals surface area contributed by atoms with Crippen molar-refractivity contribution in [1.82, 2.24) is 9.55 Å². The van der Waals surface area contributed by atoms with Gasteiger partial charge < -0.3 is 4.57 Å². The van der Waals surface area contributed by atoms with Crippen LogP contribution in [-0.4, -0.2) is 9.55 Å². The van der Waals surface area contributed by atoms with Crippen LogP contribution in [0.1, 0.15) is 18.9 Å². The van der Waals surface area contributed by atoms with Crippen LogP contribution in [0.15, 0.2) is 29.4 Å². The highest BCUT2D eigenvalue weighted by Gasteiger charge is 2.26. The average molecular weight is 190 g/mol. The van der Waals surface area contributed by atoms with Gasteiger partial charge in [-0.15, -0.1) is 12.6 Å². The van der Waals surface area contributed by atoms with Crippen molar-refractivity contribution in [3.63, 3.8) is 0 Å². The molecule has 1 aromatic carbocycles. The first kappa shape index (κ1) is 7.44. The maximum atomic E-state index is 4.40. The molecule has 2 aromatic rings. The molecule has 66 valence electrons. The molecule has 0 bridgehead atoms. The highest BCUT2D eigenvalue weighted by atomic mass is 32.1. The highest BCUT2D eigenvalue weighted by molar-refractivity contribution is 7.80.